The summed E-state index contributed by atoms with van der Waals surface area (Å²) in [5, 5.41) is 2.67. The normalized spacial score (nSPS) is 19.3. The SMILES string of the molecule is CC(=O)NCCC(=O)N1CCN(C)C(c2ccccc2)C1. The smallest absolute Gasteiger partial charge is 0.224 e. The van der Waals surface area contributed by atoms with Crippen LogP contribution in [0.4, 0.5) is 0 Å². The van der Waals surface area contributed by atoms with Gasteiger partial charge in [0.15, 0.2) is 0 Å². The lowest BCUT2D eigenvalue weighted by atomic mass is 10.0. The average molecular weight is 289 g/mol. The summed E-state index contributed by atoms with van der Waals surface area (Å²) in [6, 6.07) is 10.5. The van der Waals surface area contributed by atoms with Crippen molar-refractivity contribution in [3.63, 3.8) is 0 Å². The Morgan fingerprint density at radius 1 is 1.24 bits per heavy atom. The molecule has 0 aliphatic carbocycles. The highest BCUT2D eigenvalue weighted by Crippen LogP contribution is 2.23. The Hall–Kier alpha value is -1.88. The molecule has 0 radical (unpaired) electrons. The summed E-state index contributed by atoms with van der Waals surface area (Å²) in [4.78, 5) is 27.2. The van der Waals surface area contributed by atoms with Gasteiger partial charge in [0.2, 0.25) is 11.8 Å². The molecule has 5 heteroatoms. The lowest BCUT2D eigenvalue weighted by Gasteiger charge is -2.39. The average Bonchev–Trinajstić information content (AvgIpc) is 2.48. The Balaban J connectivity index is 1.94. The number of nitrogens with zero attached hydrogens (tertiary/aromatic N) is 2. The molecule has 1 heterocycles. The number of likely N-dealkylation sites (N-methyl/N-ethyl adjacent to an activating group) is 1. The fourth-order valence-electron chi connectivity index (χ4n) is 2.64. The van der Waals surface area contributed by atoms with Crippen LogP contribution in [0.3, 0.4) is 0 Å². The van der Waals surface area contributed by atoms with Crippen LogP contribution in [0, 0.1) is 0 Å². The second kappa shape index (κ2) is 7.22. The van der Waals surface area contributed by atoms with Crippen LogP contribution in [-0.4, -0.2) is 54.8 Å². The molecule has 2 rings (SSSR count). The molecule has 0 spiro atoms. The second-order valence-corrected chi connectivity index (χ2v) is 5.48. The minimum Gasteiger partial charge on any atom is -0.356 e. The van der Waals surface area contributed by atoms with Crippen molar-refractivity contribution in [3.05, 3.63) is 35.9 Å². The Labute approximate surface area is 125 Å². The molecule has 21 heavy (non-hydrogen) atoms. The molecule has 1 atom stereocenters. The van der Waals surface area contributed by atoms with E-state index in [0.717, 1.165) is 13.1 Å². The van der Waals surface area contributed by atoms with Gasteiger partial charge in [-0.25, -0.2) is 0 Å². The molecule has 5 nitrogen and oxygen atoms in total. The van der Waals surface area contributed by atoms with Gasteiger partial charge in [0, 0.05) is 39.5 Å². The Bertz CT molecular complexity index is 490. The minimum atomic E-state index is -0.0941. The van der Waals surface area contributed by atoms with Crippen LogP contribution >= 0.6 is 0 Å². The summed E-state index contributed by atoms with van der Waals surface area (Å²) >= 11 is 0. The number of carbonyl (C=O) groups excluding carboxylic acids is 2. The monoisotopic (exact) mass is 289 g/mol. The zero-order valence-corrected chi connectivity index (χ0v) is 12.7. The molecular formula is C16H23N3O2. The van der Waals surface area contributed by atoms with Gasteiger partial charge in [0.1, 0.15) is 0 Å². The topological polar surface area (TPSA) is 52.7 Å². The minimum absolute atomic E-state index is 0.0941. The van der Waals surface area contributed by atoms with Crippen LogP contribution in [0.2, 0.25) is 0 Å². The van der Waals surface area contributed by atoms with Gasteiger partial charge >= 0.3 is 0 Å². The maximum absolute atomic E-state index is 12.2. The number of carbonyl (C=O) groups is 2. The van der Waals surface area contributed by atoms with Gasteiger partial charge in [-0.15, -0.1) is 0 Å². The summed E-state index contributed by atoms with van der Waals surface area (Å²) in [6.45, 7) is 4.20. The van der Waals surface area contributed by atoms with Crippen LogP contribution in [0.1, 0.15) is 24.9 Å². The molecule has 2 amide bonds. The van der Waals surface area contributed by atoms with Gasteiger partial charge in [-0.05, 0) is 12.6 Å². The zero-order valence-electron chi connectivity index (χ0n) is 12.7. The van der Waals surface area contributed by atoms with Gasteiger partial charge < -0.3 is 10.2 Å². The van der Waals surface area contributed by atoms with Crippen LogP contribution in [0.25, 0.3) is 0 Å². The van der Waals surface area contributed by atoms with Crippen LogP contribution in [0.5, 0.6) is 0 Å². The van der Waals surface area contributed by atoms with Gasteiger partial charge in [-0.2, -0.15) is 0 Å². The fraction of sp³-hybridized carbons (Fsp3) is 0.500. The lowest BCUT2D eigenvalue weighted by Crippen LogP contribution is -2.49. The van der Waals surface area contributed by atoms with E-state index in [-0.39, 0.29) is 17.9 Å². The van der Waals surface area contributed by atoms with Crippen molar-refractivity contribution in [2.75, 3.05) is 33.2 Å². The van der Waals surface area contributed by atoms with Crippen molar-refractivity contribution in [2.24, 2.45) is 0 Å². The highest BCUT2D eigenvalue weighted by molar-refractivity contribution is 5.78. The van der Waals surface area contributed by atoms with E-state index in [1.807, 2.05) is 23.1 Å². The predicted octanol–water partition coefficient (Wildman–Crippen LogP) is 1.03. The van der Waals surface area contributed by atoms with E-state index >= 15 is 0 Å². The van der Waals surface area contributed by atoms with Crippen molar-refractivity contribution in [2.45, 2.75) is 19.4 Å². The molecule has 1 saturated heterocycles. The predicted molar refractivity (Wildman–Crippen MR) is 81.7 cm³/mol. The molecule has 1 fully saturated rings. The molecule has 0 aromatic heterocycles. The molecule has 0 bridgehead atoms. The van der Waals surface area contributed by atoms with E-state index in [2.05, 4.69) is 29.4 Å². The van der Waals surface area contributed by atoms with Gasteiger partial charge in [0.25, 0.3) is 0 Å². The van der Waals surface area contributed by atoms with Crippen molar-refractivity contribution >= 4 is 11.8 Å². The fourth-order valence-corrected chi connectivity index (χ4v) is 2.64. The number of rotatable bonds is 4. The first-order valence-electron chi connectivity index (χ1n) is 7.35. The van der Waals surface area contributed by atoms with Crippen LogP contribution < -0.4 is 5.32 Å². The van der Waals surface area contributed by atoms with Crippen molar-refractivity contribution in [1.82, 2.24) is 15.1 Å². The van der Waals surface area contributed by atoms with Crippen LogP contribution in [0.15, 0.2) is 30.3 Å². The summed E-state index contributed by atoms with van der Waals surface area (Å²) in [6.07, 6.45) is 0.366. The molecule has 114 valence electrons. The number of nitrogens with one attached hydrogen (secondary N) is 1. The van der Waals surface area contributed by atoms with E-state index in [1.54, 1.807) is 0 Å². The summed E-state index contributed by atoms with van der Waals surface area (Å²) in [5.41, 5.74) is 1.24. The molecule has 1 aromatic rings. The highest BCUT2D eigenvalue weighted by Gasteiger charge is 2.27. The number of piperazine rings is 1. The third kappa shape index (κ3) is 4.29. The number of hydrogen-bond donors (Lipinski definition) is 1. The first-order chi connectivity index (χ1) is 10.1. The van der Waals surface area contributed by atoms with E-state index in [1.165, 1.54) is 12.5 Å². The van der Waals surface area contributed by atoms with Gasteiger partial charge in [-0.3, -0.25) is 14.5 Å². The van der Waals surface area contributed by atoms with Crippen molar-refractivity contribution < 1.29 is 9.59 Å². The third-order valence-electron chi connectivity index (χ3n) is 3.90. The quantitative estimate of drug-likeness (QED) is 0.900. The Morgan fingerprint density at radius 3 is 2.62 bits per heavy atom. The molecular weight excluding hydrogens is 266 g/mol. The van der Waals surface area contributed by atoms with E-state index in [0.29, 0.717) is 19.5 Å². The van der Waals surface area contributed by atoms with E-state index < -0.39 is 0 Å². The molecule has 1 aromatic carbocycles. The maximum atomic E-state index is 12.2. The van der Waals surface area contributed by atoms with Gasteiger partial charge in [-0.1, -0.05) is 30.3 Å². The zero-order chi connectivity index (χ0) is 15.2. The van der Waals surface area contributed by atoms with Crippen molar-refractivity contribution in [3.8, 4) is 0 Å². The van der Waals surface area contributed by atoms with E-state index in [4.69, 9.17) is 0 Å². The first kappa shape index (κ1) is 15.5. The Morgan fingerprint density at radius 2 is 1.95 bits per heavy atom. The number of hydrogen-bond acceptors (Lipinski definition) is 3. The summed E-state index contributed by atoms with van der Waals surface area (Å²) in [5.74, 6) is 0.0149. The van der Waals surface area contributed by atoms with E-state index in [9.17, 15) is 9.59 Å². The third-order valence-corrected chi connectivity index (χ3v) is 3.90. The van der Waals surface area contributed by atoms with Gasteiger partial charge in [0.05, 0.1) is 6.04 Å². The molecule has 1 aliphatic rings. The molecule has 1 N–H and O–H groups in total. The molecule has 0 saturated carbocycles. The largest absolute Gasteiger partial charge is 0.356 e. The second-order valence-electron chi connectivity index (χ2n) is 5.48. The lowest BCUT2D eigenvalue weighted by molar-refractivity contribution is -0.134. The maximum Gasteiger partial charge on any atom is 0.224 e. The first-order valence-corrected chi connectivity index (χ1v) is 7.35. The number of amides is 2. The number of benzene rings is 1. The summed E-state index contributed by atoms with van der Waals surface area (Å²) < 4.78 is 0. The Kier molecular flexibility index (Phi) is 5.33. The summed E-state index contributed by atoms with van der Waals surface area (Å²) in [7, 11) is 2.09. The highest BCUT2D eigenvalue weighted by atomic mass is 16.2. The standard InChI is InChI=1S/C16H23N3O2/c1-13(20)17-9-8-16(21)19-11-10-18(2)15(12-19)14-6-4-3-5-7-14/h3-7,15H,8-12H2,1-2H3,(H,17,20). The molecule has 1 unspecified atom stereocenters. The van der Waals surface area contributed by atoms with Crippen LogP contribution in [-0.2, 0) is 9.59 Å². The molecule has 1 aliphatic heterocycles. The van der Waals surface area contributed by atoms with Crippen molar-refractivity contribution in [1.29, 1.82) is 0 Å².